The van der Waals surface area contributed by atoms with Crippen LogP contribution in [0.25, 0.3) is 0 Å². The average Bonchev–Trinajstić information content (AvgIpc) is 3.01. The van der Waals surface area contributed by atoms with Gasteiger partial charge in [0.2, 0.25) is 5.91 Å². The molecule has 0 unspecified atom stereocenters. The summed E-state index contributed by atoms with van der Waals surface area (Å²) in [5.74, 6) is -0.114. The Balaban J connectivity index is 1.75. The van der Waals surface area contributed by atoms with Gasteiger partial charge in [0.25, 0.3) is 0 Å². The van der Waals surface area contributed by atoms with Crippen LogP contribution in [0.1, 0.15) is 38.5 Å². The van der Waals surface area contributed by atoms with Crippen LogP contribution in [0, 0.1) is 0 Å². The fourth-order valence-corrected chi connectivity index (χ4v) is 6.70. The minimum absolute atomic E-state index is 0.0248. The quantitative estimate of drug-likeness (QED) is 0.718. The molecule has 26 heavy (non-hydrogen) atoms. The predicted molar refractivity (Wildman–Crippen MR) is 98.4 cm³/mol. The molecule has 3 rings (SSSR count). The molecule has 3 heterocycles. The molecular formula is C17H30N4O4S. The normalized spacial score (nSPS) is 33.2. The van der Waals surface area contributed by atoms with Crippen molar-refractivity contribution in [1.82, 2.24) is 14.7 Å². The highest BCUT2D eigenvalue weighted by Gasteiger charge is 2.52. The predicted octanol–water partition coefficient (Wildman–Crippen LogP) is 0.0295. The van der Waals surface area contributed by atoms with E-state index >= 15 is 0 Å². The molecule has 0 aliphatic carbocycles. The van der Waals surface area contributed by atoms with E-state index in [1.165, 1.54) is 4.90 Å². The molecule has 2 N–H and O–H groups in total. The molecule has 0 aromatic heterocycles. The summed E-state index contributed by atoms with van der Waals surface area (Å²) in [6, 6.07) is -0.133. The first-order chi connectivity index (χ1) is 12.2. The maximum atomic E-state index is 12.7. The molecule has 148 valence electrons. The van der Waals surface area contributed by atoms with E-state index in [0.29, 0.717) is 25.6 Å². The Bertz CT molecular complexity index is 676. The Morgan fingerprint density at radius 2 is 1.92 bits per heavy atom. The summed E-state index contributed by atoms with van der Waals surface area (Å²) in [4.78, 5) is 30.2. The average molecular weight is 387 g/mol. The Labute approximate surface area is 155 Å². The molecule has 3 aliphatic rings. The summed E-state index contributed by atoms with van der Waals surface area (Å²) in [6.07, 6.45) is 5.05. The molecule has 3 aliphatic heterocycles. The number of rotatable bonds is 5. The number of fused-ring (bicyclic) bond motifs is 2. The van der Waals surface area contributed by atoms with Crippen LogP contribution in [-0.4, -0.2) is 91.4 Å². The largest absolute Gasteiger partial charge is 0.368 e. The van der Waals surface area contributed by atoms with Gasteiger partial charge < -0.3 is 15.5 Å². The molecule has 3 amide bonds. The van der Waals surface area contributed by atoms with E-state index < -0.39 is 15.4 Å². The third-order valence-electron chi connectivity index (χ3n) is 6.33. The first kappa shape index (κ1) is 19.4. The molecule has 3 saturated heterocycles. The van der Waals surface area contributed by atoms with E-state index in [1.54, 1.807) is 19.0 Å². The minimum Gasteiger partial charge on any atom is -0.368 e. The number of piperidine rings is 1. The standard InChI is InChI=1S/C17H30N4O4S/c1-19(2)16(23)20(14-6-11-26(24,25)12-14)9-10-21-13-4-3-7-17(21,8-5-13)15(18)22/h13-14H,3-12H2,1-2H3,(H2,18,22)/t13-,14-,17+/m1/s1. The molecule has 8 nitrogen and oxygen atoms in total. The van der Waals surface area contributed by atoms with Gasteiger partial charge in [-0.3, -0.25) is 9.69 Å². The van der Waals surface area contributed by atoms with Crippen LogP contribution in [0.2, 0.25) is 0 Å². The molecule has 3 atom stereocenters. The summed E-state index contributed by atoms with van der Waals surface area (Å²) in [7, 11) is 0.272. The third kappa shape index (κ3) is 3.43. The van der Waals surface area contributed by atoms with Crippen molar-refractivity contribution in [3.05, 3.63) is 0 Å². The van der Waals surface area contributed by atoms with Crippen molar-refractivity contribution >= 4 is 21.8 Å². The number of hydrogen-bond donors (Lipinski definition) is 1. The summed E-state index contributed by atoms with van der Waals surface area (Å²) >= 11 is 0. The number of primary amides is 1. The van der Waals surface area contributed by atoms with Crippen LogP contribution >= 0.6 is 0 Å². The van der Waals surface area contributed by atoms with Gasteiger partial charge in [0, 0.05) is 39.3 Å². The van der Waals surface area contributed by atoms with Crippen molar-refractivity contribution < 1.29 is 18.0 Å². The number of nitrogens with zero attached hydrogens (tertiary/aromatic N) is 3. The fraction of sp³-hybridized carbons (Fsp3) is 0.882. The zero-order chi connectivity index (χ0) is 19.1. The third-order valence-corrected chi connectivity index (χ3v) is 8.08. The fourth-order valence-electron chi connectivity index (χ4n) is 4.97. The van der Waals surface area contributed by atoms with E-state index in [2.05, 4.69) is 4.90 Å². The second-order valence-electron chi connectivity index (χ2n) is 8.10. The van der Waals surface area contributed by atoms with Gasteiger partial charge >= 0.3 is 6.03 Å². The van der Waals surface area contributed by atoms with Crippen LogP contribution < -0.4 is 5.73 Å². The van der Waals surface area contributed by atoms with Crippen LogP contribution in [-0.2, 0) is 14.6 Å². The van der Waals surface area contributed by atoms with Crippen molar-refractivity contribution in [1.29, 1.82) is 0 Å². The van der Waals surface area contributed by atoms with Gasteiger partial charge in [0.1, 0.15) is 5.54 Å². The van der Waals surface area contributed by atoms with E-state index in [4.69, 9.17) is 5.73 Å². The topological polar surface area (TPSA) is 104 Å². The van der Waals surface area contributed by atoms with Gasteiger partial charge in [-0.15, -0.1) is 0 Å². The summed E-state index contributed by atoms with van der Waals surface area (Å²) in [6.45, 7) is 0.979. The number of sulfone groups is 1. The van der Waals surface area contributed by atoms with Crippen molar-refractivity contribution in [3.63, 3.8) is 0 Å². The van der Waals surface area contributed by atoms with E-state index in [0.717, 1.165) is 32.1 Å². The number of nitrogens with two attached hydrogens (primary N) is 1. The summed E-state index contributed by atoms with van der Waals surface area (Å²) in [5, 5.41) is 0. The van der Waals surface area contributed by atoms with Gasteiger partial charge in [0.05, 0.1) is 11.5 Å². The maximum Gasteiger partial charge on any atom is 0.319 e. The molecule has 0 radical (unpaired) electrons. The molecule has 3 fully saturated rings. The monoisotopic (exact) mass is 386 g/mol. The van der Waals surface area contributed by atoms with Crippen LogP contribution in [0.3, 0.4) is 0 Å². The number of hydrogen-bond acceptors (Lipinski definition) is 5. The van der Waals surface area contributed by atoms with Gasteiger partial charge in [-0.2, -0.15) is 0 Å². The second kappa shape index (κ2) is 6.99. The van der Waals surface area contributed by atoms with Crippen LogP contribution in [0.5, 0.6) is 0 Å². The highest BCUT2D eigenvalue weighted by molar-refractivity contribution is 7.91. The number of urea groups is 1. The lowest BCUT2D eigenvalue weighted by Crippen LogP contribution is -2.60. The summed E-state index contributed by atoms with van der Waals surface area (Å²) < 4.78 is 23.8. The summed E-state index contributed by atoms with van der Waals surface area (Å²) in [5.41, 5.74) is 5.17. The van der Waals surface area contributed by atoms with E-state index in [-0.39, 0.29) is 29.5 Å². The zero-order valence-electron chi connectivity index (χ0n) is 15.7. The second-order valence-corrected chi connectivity index (χ2v) is 10.3. The lowest BCUT2D eigenvalue weighted by atomic mass is 9.87. The Hall–Kier alpha value is -1.35. The Kier molecular flexibility index (Phi) is 5.22. The smallest absolute Gasteiger partial charge is 0.319 e. The van der Waals surface area contributed by atoms with E-state index in [9.17, 15) is 18.0 Å². The molecule has 0 spiro atoms. The lowest BCUT2D eigenvalue weighted by Gasteiger charge is -2.44. The van der Waals surface area contributed by atoms with Gasteiger partial charge in [0.15, 0.2) is 9.84 Å². The first-order valence-corrected chi connectivity index (χ1v) is 11.2. The lowest BCUT2D eigenvalue weighted by molar-refractivity contribution is -0.131. The molecule has 0 aromatic carbocycles. The molecular weight excluding hydrogens is 356 g/mol. The molecule has 2 bridgehead atoms. The highest BCUT2D eigenvalue weighted by Crippen LogP contribution is 2.43. The van der Waals surface area contributed by atoms with Crippen molar-refractivity contribution in [3.8, 4) is 0 Å². The SMILES string of the molecule is CN(C)C(=O)N(CCN1[C@@H]2CCC[C@@]1(C(N)=O)CC2)[C@@H]1CCS(=O)(=O)C1. The highest BCUT2D eigenvalue weighted by atomic mass is 32.2. The Morgan fingerprint density at radius 3 is 2.50 bits per heavy atom. The van der Waals surface area contributed by atoms with Gasteiger partial charge in [-0.25, -0.2) is 13.2 Å². The molecule has 0 saturated carbocycles. The van der Waals surface area contributed by atoms with Gasteiger partial charge in [-0.05, 0) is 38.5 Å². The number of carbonyl (C=O) groups excluding carboxylic acids is 2. The van der Waals surface area contributed by atoms with E-state index in [1.807, 2.05) is 0 Å². The van der Waals surface area contributed by atoms with Crippen LogP contribution in [0.15, 0.2) is 0 Å². The van der Waals surface area contributed by atoms with Crippen molar-refractivity contribution in [2.45, 2.75) is 56.1 Å². The van der Waals surface area contributed by atoms with Crippen LogP contribution in [0.4, 0.5) is 4.79 Å². The molecule has 9 heteroatoms. The zero-order valence-corrected chi connectivity index (χ0v) is 16.5. The maximum absolute atomic E-state index is 12.7. The Morgan fingerprint density at radius 1 is 1.19 bits per heavy atom. The minimum atomic E-state index is -3.08. The van der Waals surface area contributed by atoms with Crippen molar-refractivity contribution in [2.75, 3.05) is 38.7 Å². The first-order valence-electron chi connectivity index (χ1n) is 9.41. The molecule has 0 aromatic rings. The van der Waals surface area contributed by atoms with Gasteiger partial charge in [-0.1, -0.05) is 0 Å². The van der Waals surface area contributed by atoms with Crippen molar-refractivity contribution in [2.24, 2.45) is 5.73 Å². The number of amides is 3. The number of carbonyl (C=O) groups is 2.